The second-order valence-corrected chi connectivity index (χ2v) is 3.95. The Morgan fingerprint density at radius 2 is 2.32 bits per heavy atom. The van der Waals surface area contributed by atoms with Crippen LogP contribution in [0, 0.1) is 11.8 Å². The third-order valence-corrected chi connectivity index (χ3v) is 2.62. The summed E-state index contributed by atoms with van der Waals surface area (Å²) in [5.41, 5.74) is 9.04. The number of carbonyl (C=O) groups excluding carboxylic acids is 1. The van der Waals surface area contributed by atoms with E-state index in [2.05, 4.69) is 22.3 Å². The van der Waals surface area contributed by atoms with Gasteiger partial charge in [0.05, 0.1) is 25.3 Å². The Kier molecular flexibility index (Phi) is 4.86. The largest absolute Gasteiger partial charge is 0.379 e. The lowest BCUT2D eigenvalue weighted by molar-refractivity contribution is 0.0124. The molecule has 3 N–H and O–H groups in total. The maximum atomic E-state index is 12.1. The van der Waals surface area contributed by atoms with Gasteiger partial charge < -0.3 is 10.5 Å². The molecule has 1 amide bonds. The van der Waals surface area contributed by atoms with Crippen molar-refractivity contribution in [2.75, 3.05) is 32.8 Å². The minimum atomic E-state index is -0.260. The quantitative estimate of drug-likeness (QED) is 0.692. The van der Waals surface area contributed by atoms with Crippen molar-refractivity contribution < 1.29 is 9.53 Å². The molecule has 1 aliphatic heterocycles. The summed E-state index contributed by atoms with van der Waals surface area (Å²) < 4.78 is 5.22. The van der Waals surface area contributed by atoms with Crippen LogP contribution in [0.2, 0.25) is 0 Å². The summed E-state index contributed by atoms with van der Waals surface area (Å²) in [6.45, 7) is 2.81. The molecule has 1 aromatic heterocycles. The van der Waals surface area contributed by atoms with Crippen LogP contribution >= 0.6 is 0 Å². The number of ether oxygens (including phenoxy) is 1. The van der Waals surface area contributed by atoms with E-state index >= 15 is 0 Å². The maximum Gasteiger partial charge on any atom is 0.285 e. The van der Waals surface area contributed by atoms with Crippen LogP contribution in [0.4, 0.5) is 0 Å². The molecular weight excluding hydrogens is 244 g/mol. The van der Waals surface area contributed by atoms with Crippen molar-refractivity contribution in [3.63, 3.8) is 0 Å². The lowest BCUT2D eigenvalue weighted by atomic mass is 10.2. The Hall–Kier alpha value is -1.94. The Bertz CT molecular complexity index is 501. The van der Waals surface area contributed by atoms with Crippen molar-refractivity contribution in [3.05, 3.63) is 29.6 Å². The minimum Gasteiger partial charge on any atom is -0.379 e. The zero-order valence-electron chi connectivity index (χ0n) is 10.6. The molecule has 100 valence electrons. The molecule has 0 aromatic carbocycles. The van der Waals surface area contributed by atoms with Gasteiger partial charge in [-0.2, -0.15) is 0 Å². The van der Waals surface area contributed by atoms with Gasteiger partial charge in [-0.25, -0.2) is 9.99 Å². The fraction of sp³-hybridized carbons (Fsp3) is 0.385. The first kappa shape index (κ1) is 13.5. The lowest BCUT2D eigenvalue weighted by Crippen LogP contribution is -2.48. The fourth-order valence-corrected chi connectivity index (χ4v) is 1.71. The number of hydrogen-bond donors (Lipinski definition) is 2. The number of morpholine rings is 1. The molecule has 1 aliphatic rings. The van der Waals surface area contributed by atoms with E-state index in [1.54, 1.807) is 18.3 Å². The Labute approximate surface area is 111 Å². The third-order valence-electron chi connectivity index (χ3n) is 2.62. The molecule has 6 nitrogen and oxygen atoms in total. The average Bonchev–Trinajstić information content (AvgIpc) is 2.46. The summed E-state index contributed by atoms with van der Waals surface area (Å²) in [5, 5.41) is 1.82. The van der Waals surface area contributed by atoms with Crippen LogP contribution < -0.4 is 11.2 Å². The van der Waals surface area contributed by atoms with Gasteiger partial charge in [-0.1, -0.05) is 11.8 Å². The highest BCUT2D eigenvalue weighted by molar-refractivity contribution is 5.94. The van der Waals surface area contributed by atoms with Crippen molar-refractivity contribution in [2.45, 2.75) is 0 Å². The molecule has 0 spiro atoms. The highest BCUT2D eigenvalue weighted by Gasteiger charge is 2.17. The zero-order valence-corrected chi connectivity index (χ0v) is 10.6. The Balaban J connectivity index is 2.09. The number of hydrogen-bond acceptors (Lipinski definition) is 5. The molecule has 0 saturated carbocycles. The number of hydrazine groups is 1. The smallest absolute Gasteiger partial charge is 0.285 e. The van der Waals surface area contributed by atoms with Crippen LogP contribution in [0.3, 0.4) is 0 Å². The monoisotopic (exact) mass is 260 g/mol. The molecule has 1 saturated heterocycles. The maximum absolute atomic E-state index is 12.1. The van der Waals surface area contributed by atoms with Crippen LogP contribution in [0.25, 0.3) is 0 Å². The normalized spacial score (nSPS) is 15.4. The fourth-order valence-electron chi connectivity index (χ4n) is 1.71. The third kappa shape index (κ3) is 3.76. The van der Waals surface area contributed by atoms with E-state index in [0.29, 0.717) is 37.6 Å². The molecule has 19 heavy (non-hydrogen) atoms. The number of pyridine rings is 1. The van der Waals surface area contributed by atoms with Crippen molar-refractivity contribution >= 4 is 5.91 Å². The standard InChI is InChI=1S/C13H16N4O2/c14-5-1-3-11-4-2-6-15-12(11)13(18)16-17-7-9-19-10-8-17/h2,4,6H,5,7-10,14H2,(H,16,18). The summed E-state index contributed by atoms with van der Waals surface area (Å²) in [6, 6.07) is 3.50. The van der Waals surface area contributed by atoms with Crippen LogP contribution in [0.15, 0.2) is 18.3 Å². The van der Waals surface area contributed by atoms with Gasteiger partial charge in [0.25, 0.3) is 5.91 Å². The summed E-state index contributed by atoms with van der Waals surface area (Å²) in [6.07, 6.45) is 1.57. The van der Waals surface area contributed by atoms with Crippen molar-refractivity contribution in [1.82, 2.24) is 15.4 Å². The first-order chi connectivity index (χ1) is 9.31. The molecule has 2 rings (SSSR count). The van der Waals surface area contributed by atoms with Crippen LogP contribution in [0.1, 0.15) is 16.1 Å². The molecule has 6 heteroatoms. The van der Waals surface area contributed by atoms with Crippen molar-refractivity contribution in [2.24, 2.45) is 5.73 Å². The first-order valence-corrected chi connectivity index (χ1v) is 6.09. The molecule has 1 fully saturated rings. The number of carbonyl (C=O) groups is 1. The lowest BCUT2D eigenvalue weighted by Gasteiger charge is -2.26. The Morgan fingerprint density at radius 1 is 1.53 bits per heavy atom. The SMILES string of the molecule is NCC#Cc1cccnc1C(=O)NN1CCOCC1. The summed E-state index contributed by atoms with van der Waals surface area (Å²) >= 11 is 0. The van der Waals surface area contributed by atoms with E-state index in [4.69, 9.17) is 10.5 Å². The number of amides is 1. The van der Waals surface area contributed by atoms with Gasteiger partial charge in [0, 0.05) is 19.3 Å². The van der Waals surface area contributed by atoms with E-state index in [0.717, 1.165) is 0 Å². The topological polar surface area (TPSA) is 80.5 Å². The van der Waals surface area contributed by atoms with E-state index in [1.807, 2.05) is 5.01 Å². The second kappa shape index (κ2) is 6.85. The number of nitrogens with two attached hydrogens (primary N) is 1. The molecular formula is C13H16N4O2. The molecule has 0 radical (unpaired) electrons. The molecule has 2 heterocycles. The zero-order chi connectivity index (χ0) is 13.5. The van der Waals surface area contributed by atoms with Gasteiger partial charge in [-0.15, -0.1) is 0 Å². The van der Waals surface area contributed by atoms with E-state index in [-0.39, 0.29) is 12.5 Å². The molecule has 0 atom stereocenters. The number of nitrogens with one attached hydrogen (secondary N) is 1. The van der Waals surface area contributed by atoms with Gasteiger partial charge in [-0.05, 0) is 12.1 Å². The highest BCUT2D eigenvalue weighted by Crippen LogP contribution is 2.04. The van der Waals surface area contributed by atoms with E-state index < -0.39 is 0 Å². The highest BCUT2D eigenvalue weighted by atomic mass is 16.5. The number of aromatic nitrogens is 1. The molecule has 0 unspecified atom stereocenters. The number of rotatable bonds is 2. The van der Waals surface area contributed by atoms with Crippen molar-refractivity contribution in [3.8, 4) is 11.8 Å². The van der Waals surface area contributed by atoms with Crippen molar-refractivity contribution in [1.29, 1.82) is 0 Å². The minimum absolute atomic E-state index is 0.249. The van der Waals surface area contributed by atoms with Gasteiger partial charge >= 0.3 is 0 Å². The van der Waals surface area contributed by atoms with Gasteiger partial charge in [0.1, 0.15) is 5.69 Å². The molecule has 0 aliphatic carbocycles. The number of nitrogens with zero attached hydrogens (tertiary/aromatic N) is 2. The van der Waals surface area contributed by atoms with E-state index in [1.165, 1.54) is 0 Å². The van der Waals surface area contributed by atoms with Crippen LogP contribution in [-0.4, -0.2) is 48.7 Å². The predicted octanol–water partition coefficient (Wildman–Crippen LogP) is -0.631. The van der Waals surface area contributed by atoms with Gasteiger partial charge in [-0.3, -0.25) is 10.2 Å². The summed E-state index contributed by atoms with van der Waals surface area (Å²) in [7, 11) is 0. The van der Waals surface area contributed by atoms with Gasteiger partial charge in [0.15, 0.2) is 0 Å². The molecule has 0 bridgehead atoms. The average molecular weight is 260 g/mol. The summed E-state index contributed by atoms with van der Waals surface area (Å²) in [5.74, 6) is 5.32. The van der Waals surface area contributed by atoms with Gasteiger partial charge in [0.2, 0.25) is 0 Å². The summed E-state index contributed by atoms with van der Waals surface area (Å²) in [4.78, 5) is 16.2. The van der Waals surface area contributed by atoms with E-state index in [9.17, 15) is 4.79 Å². The first-order valence-electron chi connectivity index (χ1n) is 6.09. The predicted molar refractivity (Wildman–Crippen MR) is 70.0 cm³/mol. The Morgan fingerprint density at radius 3 is 3.05 bits per heavy atom. The second-order valence-electron chi connectivity index (χ2n) is 3.95. The molecule has 1 aromatic rings. The van der Waals surface area contributed by atoms with Crippen LogP contribution in [-0.2, 0) is 4.74 Å². The van der Waals surface area contributed by atoms with Crippen LogP contribution in [0.5, 0.6) is 0 Å².